The molecule has 0 aliphatic carbocycles. The average Bonchev–Trinajstić information content (AvgIpc) is 3.42. The molecule has 5 nitrogen and oxygen atoms in total. The summed E-state index contributed by atoms with van der Waals surface area (Å²) >= 11 is 1.64. The zero-order chi connectivity index (χ0) is 20.2. The molecule has 0 bridgehead atoms. The van der Waals surface area contributed by atoms with Gasteiger partial charge in [0.25, 0.3) is 0 Å². The van der Waals surface area contributed by atoms with Gasteiger partial charge in [-0.3, -0.25) is 0 Å². The Morgan fingerprint density at radius 1 is 1.00 bits per heavy atom. The van der Waals surface area contributed by atoms with E-state index in [9.17, 15) is 4.79 Å². The summed E-state index contributed by atoms with van der Waals surface area (Å²) in [5, 5.41) is 11.3. The Balaban J connectivity index is 1.71. The van der Waals surface area contributed by atoms with Crippen LogP contribution in [0, 0.1) is 6.92 Å². The van der Waals surface area contributed by atoms with Crippen LogP contribution in [0.4, 0.5) is 11.5 Å². The van der Waals surface area contributed by atoms with E-state index >= 15 is 0 Å². The minimum atomic E-state index is -0.313. The van der Waals surface area contributed by atoms with E-state index in [0.717, 1.165) is 38.7 Å². The number of nitrogens with zero attached hydrogens (tertiary/aromatic N) is 2. The first-order valence-electron chi connectivity index (χ1n) is 9.73. The van der Waals surface area contributed by atoms with Gasteiger partial charge in [0.15, 0.2) is 0 Å². The zero-order valence-corrected chi connectivity index (χ0v) is 16.9. The largest absolute Gasteiger partial charge is 0.422 e. The highest BCUT2D eigenvalue weighted by atomic mass is 32.1. The number of aryl methyl sites for hydroxylation is 1. The summed E-state index contributed by atoms with van der Waals surface area (Å²) in [7, 11) is 0. The summed E-state index contributed by atoms with van der Waals surface area (Å²) in [4.78, 5) is 14.2. The summed E-state index contributed by atoms with van der Waals surface area (Å²) in [6, 6.07) is 21.8. The van der Waals surface area contributed by atoms with Crippen LogP contribution in [-0.4, -0.2) is 9.78 Å². The quantitative estimate of drug-likeness (QED) is 0.378. The summed E-state index contributed by atoms with van der Waals surface area (Å²) in [5.74, 6) is 0.662. The van der Waals surface area contributed by atoms with E-state index in [1.165, 1.54) is 0 Å². The molecule has 4 heterocycles. The monoisotopic (exact) mass is 411 g/mol. The van der Waals surface area contributed by atoms with Crippen LogP contribution in [0.5, 0.6) is 0 Å². The molecule has 0 fully saturated rings. The Bertz CT molecular complexity index is 1450. The maximum absolute atomic E-state index is 13.2. The number of thiophene rings is 1. The van der Waals surface area contributed by atoms with Gasteiger partial charge in [-0.15, -0.1) is 11.3 Å². The fourth-order valence-electron chi connectivity index (χ4n) is 4.33. The van der Waals surface area contributed by atoms with E-state index in [1.807, 2.05) is 77.6 Å². The third-order valence-electron chi connectivity index (χ3n) is 5.60. The minimum Gasteiger partial charge on any atom is -0.422 e. The first kappa shape index (κ1) is 17.2. The van der Waals surface area contributed by atoms with E-state index < -0.39 is 0 Å². The molecule has 0 amide bonds. The minimum absolute atomic E-state index is 0.227. The molecule has 0 saturated heterocycles. The molecule has 6 rings (SSSR count). The number of para-hydroxylation sites is 2. The maximum atomic E-state index is 13.2. The highest BCUT2D eigenvalue weighted by Crippen LogP contribution is 2.48. The third kappa shape index (κ3) is 2.40. The van der Waals surface area contributed by atoms with Gasteiger partial charge in [-0.25, -0.2) is 9.48 Å². The van der Waals surface area contributed by atoms with Crippen LogP contribution in [-0.2, 0) is 0 Å². The number of hydrogen-bond donors (Lipinski definition) is 1. The van der Waals surface area contributed by atoms with Crippen molar-refractivity contribution in [2.75, 3.05) is 5.32 Å². The lowest BCUT2D eigenvalue weighted by atomic mass is 9.86. The van der Waals surface area contributed by atoms with Crippen molar-refractivity contribution in [1.29, 1.82) is 0 Å². The maximum Gasteiger partial charge on any atom is 0.342 e. The molecule has 30 heavy (non-hydrogen) atoms. The average molecular weight is 411 g/mol. The Morgan fingerprint density at radius 3 is 2.60 bits per heavy atom. The SMILES string of the molecule is Cc1nn(-c2ccccc2)c2c1C(c1cccs1)c1c(c3ccccc3oc1=O)N2. The summed E-state index contributed by atoms with van der Waals surface area (Å²) in [6.07, 6.45) is 0. The van der Waals surface area contributed by atoms with Crippen LogP contribution in [0.3, 0.4) is 0 Å². The molecule has 0 radical (unpaired) electrons. The second-order valence-corrected chi connectivity index (χ2v) is 8.32. The Kier molecular flexibility index (Phi) is 3.70. The number of hydrogen-bond acceptors (Lipinski definition) is 5. The van der Waals surface area contributed by atoms with Crippen molar-refractivity contribution in [2.24, 2.45) is 0 Å². The Morgan fingerprint density at radius 2 is 1.80 bits per heavy atom. The van der Waals surface area contributed by atoms with Gasteiger partial charge in [-0.05, 0) is 42.6 Å². The van der Waals surface area contributed by atoms with E-state index in [0.29, 0.717) is 11.1 Å². The fraction of sp³-hybridized carbons (Fsp3) is 0.0833. The van der Waals surface area contributed by atoms with Crippen molar-refractivity contribution in [3.05, 3.63) is 104 Å². The summed E-state index contributed by atoms with van der Waals surface area (Å²) < 4.78 is 7.64. The Labute approximate surface area is 176 Å². The van der Waals surface area contributed by atoms with Gasteiger partial charge >= 0.3 is 5.63 Å². The number of aromatic nitrogens is 2. The van der Waals surface area contributed by atoms with Gasteiger partial charge in [-0.2, -0.15) is 5.10 Å². The molecule has 1 atom stereocenters. The van der Waals surface area contributed by atoms with Crippen LogP contribution in [0.1, 0.15) is 27.6 Å². The first-order chi connectivity index (χ1) is 14.7. The van der Waals surface area contributed by atoms with Crippen molar-refractivity contribution in [1.82, 2.24) is 9.78 Å². The lowest BCUT2D eigenvalue weighted by Crippen LogP contribution is -2.22. The zero-order valence-electron chi connectivity index (χ0n) is 16.1. The standard InChI is InChI=1S/C24H17N3O2S/c1-14-19-20(18-12-7-13-30-18)21-22(16-10-5-6-11-17(16)29-24(21)28)25-23(19)27(26-14)15-8-3-2-4-9-15/h2-13,20,25H,1H3. The van der Waals surface area contributed by atoms with Crippen molar-refractivity contribution in [2.45, 2.75) is 12.8 Å². The number of anilines is 2. The fourth-order valence-corrected chi connectivity index (χ4v) is 5.17. The molecule has 1 unspecified atom stereocenters. The highest BCUT2D eigenvalue weighted by Gasteiger charge is 2.37. The van der Waals surface area contributed by atoms with Crippen LogP contribution in [0.25, 0.3) is 16.7 Å². The number of fused-ring (bicyclic) bond motifs is 4. The number of benzene rings is 2. The molecule has 1 aliphatic heterocycles. The number of rotatable bonds is 2. The second kappa shape index (κ2) is 6.43. The van der Waals surface area contributed by atoms with Crippen molar-refractivity contribution in [3.8, 4) is 5.69 Å². The van der Waals surface area contributed by atoms with Crippen LogP contribution in [0.2, 0.25) is 0 Å². The van der Waals surface area contributed by atoms with Crippen LogP contribution >= 0.6 is 11.3 Å². The predicted octanol–water partition coefficient (Wildman–Crippen LogP) is 5.59. The third-order valence-corrected chi connectivity index (χ3v) is 6.54. The molecule has 0 spiro atoms. The second-order valence-electron chi connectivity index (χ2n) is 7.34. The summed E-state index contributed by atoms with van der Waals surface area (Å²) in [6.45, 7) is 1.99. The van der Waals surface area contributed by atoms with Gasteiger partial charge in [0.05, 0.1) is 28.6 Å². The molecular formula is C24H17N3O2S. The molecule has 1 aliphatic rings. The normalized spacial score (nSPS) is 14.9. The molecular weight excluding hydrogens is 394 g/mol. The first-order valence-corrected chi connectivity index (χ1v) is 10.6. The van der Waals surface area contributed by atoms with Crippen LogP contribution in [0.15, 0.2) is 81.3 Å². The van der Waals surface area contributed by atoms with Crippen molar-refractivity contribution >= 4 is 33.8 Å². The smallest absolute Gasteiger partial charge is 0.342 e. The van der Waals surface area contributed by atoms with Crippen LogP contribution < -0.4 is 10.9 Å². The van der Waals surface area contributed by atoms with Crippen molar-refractivity contribution in [3.63, 3.8) is 0 Å². The molecule has 0 saturated carbocycles. The summed E-state index contributed by atoms with van der Waals surface area (Å²) in [5.41, 5.74) is 4.56. The van der Waals surface area contributed by atoms with E-state index in [2.05, 4.69) is 11.4 Å². The van der Waals surface area contributed by atoms with Gasteiger partial charge < -0.3 is 9.73 Å². The van der Waals surface area contributed by atoms with Crippen molar-refractivity contribution < 1.29 is 4.42 Å². The van der Waals surface area contributed by atoms with Gasteiger partial charge in [0.2, 0.25) is 0 Å². The molecule has 2 aromatic carbocycles. The Hall–Kier alpha value is -3.64. The van der Waals surface area contributed by atoms with Gasteiger partial charge in [0.1, 0.15) is 11.4 Å². The molecule has 1 N–H and O–H groups in total. The molecule has 5 aromatic rings. The molecule has 146 valence electrons. The van der Waals surface area contributed by atoms with E-state index in [1.54, 1.807) is 11.3 Å². The molecule has 6 heteroatoms. The molecule has 3 aromatic heterocycles. The lowest BCUT2D eigenvalue weighted by Gasteiger charge is -2.27. The highest BCUT2D eigenvalue weighted by molar-refractivity contribution is 7.10. The number of nitrogens with one attached hydrogen (secondary N) is 1. The predicted molar refractivity (Wildman–Crippen MR) is 119 cm³/mol. The topological polar surface area (TPSA) is 60.1 Å². The van der Waals surface area contributed by atoms with Gasteiger partial charge in [0, 0.05) is 15.8 Å². The lowest BCUT2D eigenvalue weighted by molar-refractivity contribution is 0.549. The van der Waals surface area contributed by atoms with Gasteiger partial charge in [-0.1, -0.05) is 36.4 Å². The van der Waals surface area contributed by atoms with E-state index in [4.69, 9.17) is 9.52 Å². The van der Waals surface area contributed by atoms with E-state index in [-0.39, 0.29) is 11.5 Å².